The third-order valence-electron chi connectivity index (χ3n) is 5.70. The monoisotopic (exact) mass is 282 g/mol. The second-order valence-corrected chi connectivity index (χ2v) is 6.88. The number of carbonyl (C=O) groups is 1. The fourth-order valence-electron chi connectivity index (χ4n) is 4.52. The fourth-order valence-corrected chi connectivity index (χ4v) is 4.52. The van der Waals surface area contributed by atoms with Crippen molar-refractivity contribution >= 4 is 11.4 Å². The molecule has 21 heavy (non-hydrogen) atoms. The molecule has 0 fully saturated rings. The van der Waals surface area contributed by atoms with E-state index in [2.05, 4.69) is 13.0 Å². The van der Waals surface area contributed by atoms with Crippen molar-refractivity contribution in [1.82, 2.24) is 0 Å². The van der Waals surface area contributed by atoms with Crippen molar-refractivity contribution < 1.29 is 9.18 Å². The van der Waals surface area contributed by atoms with Gasteiger partial charge in [-0.2, -0.15) is 0 Å². The summed E-state index contributed by atoms with van der Waals surface area (Å²) in [5.41, 5.74) is 5.67. The Morgan fingerprint density at radius 2 is 2.05 bits per heavy atom. The summed E-state index contributed by atoms with van der Waals surface area (Å²) in [4.78, 5) is 12.5. The van der Waals surface area contributed by atoms with Gasteiger partial charge in [0.15, 0.2) is 5.78 Å². The van der Waals surface area contributed by atoms with E-state index in [-0.39, 0.29) is 17.2 Å². The topological polar surface area (TPSA) is 17.1 Å². The minimum Gasteiger partial charge on any atom is -0.294 e. The Balaban J connectivity index is 1.89. The zero-order chi connectivity index (χ0) is 14.8. The normalized spacial score (nSPS) is 30.7. The predicted octanol–water partition coefficient (Wildman–Crippen LogP) is 4.47. The first kappa shape index (κ1) is 13.0. The van der Waals surface area contributed by atoms with E-state index in [1.54, 1.807) is 12.1 Å². The molecule has 0 spiro atoms. The van der Waals surface area contributed by atoms with E-state index < -0.39 is 0 Å². The van der Waals surface area contributed by atoms with Crippen molar-refractivity contribution in [2.24, 2.45) is 11.3 Å². The van der Waals surface area contributed by atoms with E-state index in [1.807, 2.05) is 13.0 Å². The molecule has 0 amide bonds. The number of Topliss-reactive ketones (excluding diaryl/α,β-unsaturated/α-hetero) is 1. The lowest BCUT2D eigenvalue weighted by Crippen LogP contribution is -2.35. The Kier molecular flexibility index (Phi) is 2.57. The van der Waals surface area contributed by atoms with Crippen LogP contribution < -0.4 is 0 Å². The molecule has 0 heterocycles. The molecule has 0 radical (unpaired) electrons. The molecule has 0 N–H and O–H groups in total. The number of halogens is 1. The van der Waals surface area contributed by atoms with E-state index in [4.69, 9.17) is 0 Å². The average Bonchev–Trinajstić information content (AvgIpc) is 2.70. The van der Waals surface area contributed by atoms with Crippen LogP contribution in [0.3, 0.4) is 0 Å². The van der Waals surface area contributed by atoms with E-state index in [9.17, 15) is 9.18 Å². The second kappa shape index (κ2) is 4.16. The summed E-state index contributed by atoms with van der Waals surface area (Å²) in [6.07, 6.45) is 5.89. The largest absolute Gasteiger partial charge is 0.294 e. The van der Waals surface area contributed by atoms with Gasteiger partial charge in [-0.1, -0.05) is 24.6 Å². The molecule has 2 atom stereocenters. The number of hydrogen-bond donors (Lipinski definition) is 0. The Bertz CT molecular complexity index is 725. The number of allylic oxidation sites excluding steroid dienone is 4. The molecule has 1 nitrogen and oxygen atoms in total. The SMILES string of the molecule is CC1=C[C@H]2C3=C(CC[C@@]2(C)C1=O)c1cc(F)ccc1CC3. The Labute approximate surface area is 124 Å². The van der Waals surface area contributed by atoms with Crippen LogP contribution in [0.5, 0.6) is 0 Å². The van der Waals surface area contributed by atoms with E-state index >= 15 is 0 Å². The minimum atomic E-state index is -0.256. The van der Waals surface area contributed by atoms with Gasteiger partial charge in [0.1, 0.15) is 5.82 Å². The van der Waals surface area contributed by atoms with Gasteiger partial charge in [0.05, 0.1) is 0 Å². The standard InChI is InChI=1S/C19H19FO/c1-11-9-17-15-6-4-12-3-5-13(20)10-16(12)14(15)7-8-19(17,2)18(11)21/h3,5,9-10,17H,4,6-8H2,1-2H3/t17-,19+/m0/s1. The molecule has 0 aromatic heterocycles. The molecule has 1 aromatic rings. The van der Waals surface area contributed by atoms with Gasteiger partial charge in [0.2, 0.25) is 0 Å². The van der Waals surface area contributed by atoms with Crippen molar-refractivity contribution in [2.75, 3.05) is 0 Å². The van der Waals surface area contributed by atoms with Crippen molar-refractivity contribution in [1.29, 1.82) is 0 Å². The number of fused-ring (bicyclic) bond motifs is 4. The van der Waals surface area contributed by atoms with Crippen molar-refractivity contribution in [2.45, 2.75) is 39.5 Å². The van der Waals surface area contributed by atoms with Crippen molar-refractivity contribution in [3.8, 4) is 0 Å². The second-order valence-electron chi connectivity index (χ2n) is 6.88. The smallest absolute Gasteiger partial charge is 0.165 e. The third-order valence-corrected chi connectivity index (χ3v) is 5.70. The highest BCUT2D eigenvalue weighted by molar-refractivity contribution is 6.03. The lowest BCUT2D eigenvalue weighted by atomic mass is 9.62. The predicted molar refractivity (Wildman–Crippen MR) is 81.2 cm³/mol. The molecule has 0 bridgehead atoms. The summed E-state index contributed by atoms with van der Waals surface area (Å²) in [6, 6.07) is 5.16. The maximum absolute atomic E-state index is 13.6. The van der Waals surface area contributed by atoms with Gasteiger partial charge < -0.3 is 0 Å². The van der Waals surface area contributed by atoms with E-state index in [0.717, 1.165) is 36.8 Å². The quantitative estimate of drug-likeness (QED) is 0.686. The number of ketones is 1. The highest BCUT2D eigenvalue weighted by Crippen LogP contribution is 2.55. The van der Waals surface area contributed by atoms with Crippen LogP contribution in [-0.4, -0.2) is 5.78 Å². The first-order chi connectivity index (χ1) is 10.0. The van der Waals surface area contributed by atoms with Crippen LogP contribution in [-0.2, 0) is 11.2 Å². The number of carbonyl (C=O) groups excluding carboxylic acids is 1. The molecule has 108 valence electrons. The van der Waals surface area contributed by atoms with Crippen LogP contribution in [0.1, 0.15) is 44.2 Å². The molecule has 3 aliphatic carbocycles. The summed E-state index contributed by atoms with van der Waals surface area (Å²) < 4.78 is 13.6. The van der Waals surface area contributed by atoms with Gasteiger partial charge in [-0.15, -0.1) is 0 Å². The Morgan fingerprint density at radius 1 is 1.24 bits per heavy atom. The average molecular weight is 282 g/mol. The molecular weight excluding hydrogens is 263 g/mol. The summed E-state index contributed by atoms with van der Waals surface area (Å²) in [7, 11) is 0. The van der Waals surface area contributed by atoms with E-state index in [0.29, 0.717) is 5.78 Å². The maximum atomic E-state index is 13.6. The summed E-state index contributed by atoms with van der Waals surface area (Å²) in [5, 5.41) is 0. The van der Waals surface area contributed by atoms with E-state index in [1.165, 1.54) is 16.7 Å². The first-order valence-electron chi connectivity index (χ1n) is 7.74. The van der Waals surface area contributed by atoms with Crippen LogP contribution in [0, 0.1) is 17.2 Å². The molecule has 0 aliphatic heterocycles. The molecular formula is C19H19FO. The third kappa shape index (κ3) is 1.65. The molecule has 0 saturated heterocycles. The molecule has 1 aromatic carbocycles. The number of aryl methyl sites for hydroxylation is 1. The summed E-state index contributed by atoms with van der Waals surface area (Å²) in [5.74, 6) is 0.374. The number of rotatable bonds is 0. The number of benzene rings is 1. The molecule has 0 unspecified atom stereocenters. The highest BCUT2D eigenvalue weighted by Gasteiger charge is 2.49. The molecule has 4 rings (SSSR count). The lowest BCUT2D eigenvalue weighted by molar-refractivity contribution is -0.124. The maximum Gasteiger partial charge on any atom is 0.165 e. The zero-order valence-electron chi connectivity index (χ0n) is 12.5. The summed E-state index contributed by atoms with van der Waals surface area (Å²) >= 11 is 0. The van der Waals surface area contributed by atoms with Gasteiger partial charge in [-0.3, -0.25) is 4.79 Å². The highest BCUT2D eigenvalue weighted by atomic mass is 19.1. The fraction of sp³-hybridized carbons (Fsp3) is 0.421. The zero-order valence-corrected chi connectivity index (χ0v) is 12.5. The molecule has 0 saturated carbocycles. The van der Waals surface area contributed by atoms with Crippen LogP contribution in [0.15, 0.2) is 35.4 Å². The van der Waals surface area contributed by atoms with Gasteiger partial charge in [-0.25, -0.2) is 4.39 Å². The minimum absolute atomic E-state index is 0.162. The molecule has 2 heteroatoms. The van der Waals surface area contributed by atoms with Crippen molar-refractivity contribution in [3.63, 3.8) is 0 Å². The van der Waals surface area contributed by atoms with Crippen molar-refractivity contribution in [3.05, 3.63) is 52.4 Å². The summed E-state index contributed by atoms with van der Waals surface area (Å²) in [6.45, 7) is 4.04. The van der Waals surface area contributed by atoms with Gasteiger partial charge in [-0.05, 0) is 67.0 Å². The first-order valence-corrected chi connectivity index (χ1v) is 7.74. The van der Waals surface area contributed by atoms with Crippen LogP contribution in [0.2, 0.25) is 0 Å². The Hall–Kier alpha value is -1.70. The van der Waals surface area contributed by atoms with Crippen LogP contribution in [0.4, 0.5) is 4.39 Å². The Morgan fingerprint density at radius 3 is 2.86 bits per heavy atom. The van der Waals surface area contributed by atoms with Gasteiger partial charge in [0.25, 0.3) is 0 Å². The van der Waals surface area contributed by atoms with Gasteiger partial charge in [0, 0.05) is 11.3 Å². The van der Waals surface area contributed by atoms with Crippen LogP contribution in [0.25, 0.3) is 5.57 Å². The lowest BCUT2D eigenvalue weighted by Gasteiger charge is -2.40. The van der Waals surface area contributed by atoms with Crippen LogP contribution >= 0.6 is 0 Å². The number of hydrogen-bond acceptors (Lipinski definition) is 1. The molecule has 3 aliphatic rings. The van der Waals surface area contributed by atoms with Gasteiger partial charge >= 0.3 is 0 Å².